The predicted molar refractivity (Wildman–Crippen MR) is 99.8 cm³/mol. The molecule has 0 unspecified atom stereocenters. The van der Waals surface area contributed by atoms with Crippen molar-refractivity contribution in [1.82, 2.24) is 15.3 Å². The zero-order chi connectivity index (χ0) is 18.5. The lowest BCUT2D eigenvalue weighted by Gasteiger charge is -2.30. The Kier molecular flexibility index (Phi) is 5.81. The summed E-state index contributed by atoms with van der Waals surface area (Å²) in [7, 11) is 0. The van der Waals surface area contributed by atoms with E-state index >= 15 is 0 Å². The first-order valence-corrected chi connectivity index (χ1v) is 9.15. The predicted octanol–water partition coefficient (Wildman–Crippen LogP) is 3.13. The first kappa shape index (κ1) is 18.3. The molecule has 1 saturated heterocycles. The number of nitrogens with zero attached hydrogens (tertiary/aromatic N) is 3. The van der Waals surface area contributed by atoms with Gasteiger partial charge in [0, 0.05) is 25.3 Å². The second kappa shape index (κ2) is 8.25. The summed E-state index contributed by atoms with van der Waals surface area (Å²) in [6, 6.07) is 8.29. The molecule has 1 N–H and O–H groups in total. The molecule has 1 aromatic carbocycles. The number of rotatable bonds is 5. The fourth-order valence-corrected chi connectivity index (χ4v) is 3.12. The largest absolute Gasteiger partial charge is 0.350 e. The van der Waals surface area contributed by atoms with E-state index in [1.807, 2.05) is 6.92 Å². The highest BCUT2D eigenvalue weighted by Crippen LogP contribution is 2.20. The van der Waals surface area contributed by atoms with Crippen LogP contribution in [0, 0.1) is 18.7 Å². The first-order chi connectivity index (χ1) is 12.5. The molecule has 2 aromatic rings. The van der Waals surface area contributed by atoms with E-state index in [-0.39, 0.29) is 11.7 Å². The number of nitrogens with one attached hydrogen (secondary N) is 1. The molecule has 2 heterocycles. The summed E-state index contributed by atoms with van der Waals surface area (Å²) in [5.74, 6) is 0.841. The lowest BCUT2D eigenvalue weighted by Crippen LogP contribution is -2.35. The highest BCUT2D eigenvalue weighted by atomic mass is 19.1. The second-order valence-corrected chi connectivity index (χ2v) is 6.96. The monoisotopic (exact) mass is 356 g/mol. The Balaban J connectivity index is 1.63. The molecule has 3 rings (SSSR count). The van der Waals surface area contributed by atoms with Gasteiger partial charge in [0.15, 0.2) is 0 Å². The third-order valence-electron chi connectivity index (χ3n) is 4.78. The molecule has 0 bridgehead atoms. The lowest BCUT2D eigenvalue weighted by molar-refractivity contribution is 0.0948. The first-order valence-electron chi connectivity index (χ1n) is 9.15. The Morgan fingerprint density at radius 2 is 2.00 bits per heavy atom. The van der Waals surface area contributed by atoms with Crippen molar-refractivity contribution in [2.45, 2.75) is 33.1 Å². The summed E-state index contributed by atoms with van der Waals surface area (Å²) >= 11 is 0. The highest BCUT2D eigenvalue weighted by molar-refractivity contribution is 5.92. The third-order valence-corrected chi connectivity index (χ3v) is 4.78. The van der Waals surface area contributed by atoms with Crippen LogP contribution in [0.3, 0.4) is 0 Å². The number of benzene rings is 1. The van der Waals surface area contributed by atoms with Crippen molar-refractivity contribution in [1.29, 1.82) is 0 Å². The highest BCUT2D eigenvalue weighted by Gasteiger charge is 2.20. The Morgan fingerprint density at radius 1 is 1.27 bits per heavy atom. The summed E-state index contributed by atoms with van der Waals surface area (Å²) in [5, 5.41) is 2.82. The number of hydrogen-bond donors (Lipinski definition) is 1. The van der Waals surface area contributed by atoms with Gasteiger partial charge >= 0.3 is 0 Å². The second-order valence-electron chi connectivity index (χ2n) is 6.96. The molecule has 0 atom stereocenters. The van der Waals surface area contributed by atoms with Crippen LogP contribution in [0.4, 0.5) is 10.3 Å². The molecule has 1 aromatic heterocycles. The summed E-state index contributed by atoms with van der Waals surface area (Å²) in [6.45, 7) is 6.31. The van der Waals surface area contributed by atoms with Crippen LogP contribution < -0.4 is 10.2 Å². The maximum absolute atomic E-state index is 13.6. The molecular formula is C20H25FN4O. The van der Waals surface area contributed by atoms with Crippen LogP contribution >= 0.6 is 0 Å². The average Bonchev–Trinajstić information content (AvgIpc) is 2.63. The standard InChI is InChI=1S/C20H25FN4O/c1-14-8-11-25(12-9-14)20-23-15(2)13-18(24-20)19(26)22-10-7-16-5-3-4-6-17(16)21/h3-6,13-14H,7-12H2,1-2H3,(H,22,26). The van der Waals surface area contributed by atoms with Crippen LogP contribution in [0.2, 0.25) is 0 Å². The Morgan fingerprint density at radius 3 is 2.73 bits per heavy atom. The number of carbonyl (C=O) groups excluding carboxylic acids is 1. The Labute approximate surface area is 153 Å². The van der Waals surface area contributed by atoms with E-state index in [0.29, 0.717) is 30.2 Å². The van der Waals surface area contributed by atoms with Gasteiger partial charge in [-0.25, -0.2) is 14.4 Å². The zero-order valence-corrected chi connectivity index (χ0v) is 15.3. The quantitative estimate of drug-likeness (QED) is 0.894. The maximum Gasteiger partial charge on any atom is 0.270 e. The van der Waals surface area contributed by atoms with Gasteiger partial charge in [0.1, 0.15) is 11.5 Å². The lowest BCUT2D eigenvalue weighted by atomic mass is 10.00. The van der Waals surface area contributed by atoms with Crippen molar-refractivity contribution >= 4 is 11.9 Å². The van der Waals surface area contributed by atoms with Gasteiger partial charge in [-0.1, -0.05) is 25.1 Å². The Bertz CT molecular complexity index is 772. The minimum absolute atomic E-state index is 0.249. The van der Waals surface area contributed by atoms with Crippen LogP contribution in [0.25, 0.3) is 0 Å². The third kappa shape index (κ3) is 4.56. The van der Waals surface area contributed by atoms with Gasteiger partial charge in [0.2, 0.25) is 5.95 Å². The fourth-order valence-electron chi connectivity index (χ4n) is 3.12. The van der Waals surface area contributed by atoms with Crippen molar-refractivity contribution in [2.24, 2.45) is 5.92 Å². The number of anilines is 1. The van der Waals surface area contributed by atoms with Crippen molar-refractivity contribution in [3.05, 3.63) is 53.1 Å². The van der Waals surface area contributed by atoms with E-state index < -0.39 is 0 Å². The van der Waals surface area contributed by atoms with Crippen molar-refractivity contribution in [3.63, 3.8) is 0 Å². The molecule has 5 nitrogen and oxygen atoms in total. The van der Waals surface area contributed by atoms with Crippen LogP contribution in [-0.4, -0.2) is 35.5 Å². The number of piperidine rings is 1. The number of hydrogen-bond acceptors (Lipinski definition) is 4. The van der Waals surface area contributed by atoms with E-state index in [9.17, 15) is 9.18 Å². The fraction of sp³-hybridized carbons (Fsp3) is 0.450. The molecule has 1 aliphatic heterocycles. The maximum atomic E-state index is 13.6. The van der Waals surface area contributed by atoms with Crippen LogP contribution in [-0.2, 0) is 6.42 Å². The van der Waals surface area contributed by atoms with E-state index in [2.05, 4.69) is 27.1 Å². The topological polar surface area (TPSA) is 58.1 Å². The molecule has 0 radical (unpaired) electrons. The normalized spacial score (nSPS) is 15.1. The molecule has 0 saturated carbocycles. The molecule has 0 aliphatic carbocycles. The SMILES string of the molecule is Cc1cc(C(=O)NCCc2ccccc2F)nc(N2CCC(C)CC2)n1. The minimum atomic E-state index is -0.251. The molecule has 138 valence electrons. The smallest absolute Gasteiger partial charge is 0.270 e. The zero-order valence-electron chi connectivity index (χ0n) is 15.3. The van der Waals surface area contributed by atoms with Crippen molar-refractivity contribution < 1.29 is 9.18 Å². The van der Waals surface area contributed by atoms with Crippen molar-refractivity contribution in [3.8, 4) is 0 Å². The number of amides is 1. The Hall–Kier alpha value is -2.50. The van der Waals surface area contributed by atoms with Gasteiger partial charge in [0.05, 0.1) is 0 Å². The summed E-state index contributed by atoms with van der Waals surface area (Å²) in [6.07, 6.45) is 2.67. The van der Waals surface area contributed by atoms with Gasteiger partial charge < -0.3 is 10.2 Å². The van der Waals surface area contributed by atoms with Crippen LogP contribution in [0.5, 0.6) is 0 Å². The molecule has 6 heteroatoms. The molecule has 1 fully saturated rings. The number of aryl methyl sites for hydroxylation is 1. The van der Waals surface area contributed by atoms with E-state index in [4.69, 9.17) is 0 Å². The van der Waals surface area contributed by atoms with E-state index in [1.165, 1.54) is 6.07 Å². The number of aromatic nitrogens is 2. The molecule has 26 heavy (non-hydrogen) atoms. The van der Waals surface area contributed by atoms with Gasteiger partial charge in [-0.05, 0) is 49.8 Å². The summed E-state index contributed by atoms with van der Waals surface area (Å²) in [5.41, 5.74) is 1.72. The molecular weight excluding hydrogens is 331 g/mol. The minimum Gasteiger partial charge on any atom is -0.350 e. The number of carbonyl (C=O) groups is 1. The van der Waals surface area contributed by atoms with E-state index in [1.54, 1.807) is 24.3 Å². The molecule has 1 amide bonds. The summed E-state index contributed by atoms with van der Waals surface area (Å²) in [4.78, 5) is 23.5. The van der Waals surface area contributed by atoms with Crippen LogP contribution in [0.1, 0.15) is 41.5 Å². The van der Waals surface area contributed by atoms with E-state index in [0.717, 1.165) is 37.5 Å². The molecule has 1 aliphatic rings. The number of halogens is 1. The van der Waals surface area contributed by atoms with Crippen molar-refractivity contribution in [2.75, 3.05) is 24.5 Å². The molecule has 0 spiro atoms. The van der Waals surface area contributed by atoms with Gasteiger partial charge in [-0.2, -0.15) is 0 Å². The average molecular weight is 356 g/mol. The summed E-state index contributed by atoms with van der Waals surface area (Å²) < 4.78 is 13.6. The van der Waals surface area contributed by atoms with Gasteiger partial charge in [-0.3, -0.25) is 4.79 Å². The van der Waals surface area contributed by atoms with Crippen LogP contribution in [0.15, 0.2) is 30.3 Å². The van der Waals surface area contributed by atoms with Gasteiger partial charge in [-0.15, -0.1) is 0 Å². The van der Waals surface area contributed by atoms with Gasteiger partial charge in [0.25, 0.3) is 5.91 Å².